The van der Waals surface area contributed by atoms with Crippen LogP contribution in [0.15, 0.2) is 42.8 Å². The first-order valence-electron chi connectivity index (χ1n) is 10.6. The molecule has 1 N–H and O–H groups in total. The highest BCUT2D eigenvalue weighted by Gasteiger charge is 2.29. The zero-order chi connectivity index (χ0) is 21.8. The van der Waals surface area contributed by atoms with E-state index in [0.717, 1.165) is 68.1 Å². The van der Waals surface area contributed by atoms with Crippen molar-refractivity contribution in [1.29, 1.82) is 0 Å². The summed E-state index contributed by atoms with van der Waals surface area (Å²) in [6.07, 6.45) is 5.68. The number of hydrogen-bond donors (Lipinski definition) is 1. The Balaban J connectivity index is 1.32. The highest BCUT2D eigenvalue weighted by Crippen LogP contribution is 2.28. The molecule has 0 amide bonds. The molecule has 3 heterocycles. The van der Waals surface area contributed by atoms with Gasteiger partial charge in [0.25, 0.3) is 0 Å². The molecule has 2 aliphatic heterocycles. The number of imidazole rings is 1. The summed E-state index contributed by atoms with van der Waals surface area (Å²) in [5, 5.41) is 0.809. The van der Waals surface area contributed by atoms with Crippen molar-refractivity contribution in [2.24, 2.45) is 0 Å². The minimum Gasteiger partial charge on any atom is -0.481 e. The molecule has 1 aromatic heterocycles. The maximum Gasteiger partial charge on any atom is 0.207 e. The number of piperazine rings is 1. The van der Waals surface area contributed by atoms with Gasteiger partial charge in [0.05, 0.1) is 45.1 Å². The van der Waals surface area contributed by atoms with E-state index in [4.69, 9.17) is 21.1 Å². The predicted molar refractivity (Wildman–Crippen MR) is 122 cm³/mol. The smallest absolute Gasteiger partial charge is 0.207 e. The van der Waals surface area contributed by atoms with E-state index in [0.29, 0.717) is 0 Å². The third-order valence-electron chi connectivity index (χ3n) is 6.05. The lowest BCUT2D eigenvalue weighted by Crippen LogP contribution is -2.55. The van der Waals surface area contributed by atoms with Crippen molar-refractivity contribution in [3.05, 3.63) is 59.1 Å². The molecule has 31 heavy (non-hydrogen) atoms. The van der Waals surface area contributed by atoms with Crippen LogP contribution in [0.3, 0.4) is 0 Å². The normalized spacial score (nSPS) is 19.8. The monoisotopic (exact) mass is 446 g/mol. The lowest BCUT2D eigenvalue weighted by atomic mass is 10.1. The summed E-state index contributed by atoms with van der Waals surface area (Å²) in [5.74, 6) is 0.874. The number of halogens is 1. The van der Waals surface area contributed by atoms with E-state index in [1.54, 1.807) is 20.5 Å². The molecule has 1 atom stereocenters. The number of aromatic amines is 1. The molecule has 1 aromatic carbocycles. The third-order valence-corrected chi connectivity index (χ3v) is 6.46. The molecule has 1 fully saturated rings. The lowest BCUT2D eigenvalue weighted by molar-refractivity contribution is -0.0400. The third kappa shape index (κ3) is 4.92. The van der Waals surface area contributed by atoms with Gasteiger partial charge in [-0.05, 0) is 24.6 Å². The van der Waals surface area contributed by atoms with Crippen LogP contribution in [-0.2, 0) is 16.0 Å². The fourth-order valence-electron chi connectivity index (χ4n) is 4.27. The number of ether oxygens (including phenoxy) is 2. The number of H-pyrrole nitrogens is 1. The second-order valence-electron chi connectivity index (χ2n) is 7.96. The predicted octanol–water partition coefficient (Wildman–Crippen LogP) is 2.69. The Bertz CT molecular complexity index is 890. The summed E-state index contributed by atoms with van der Waals surface area (Å²) in [6, 6.07) is 6.10. The summed E-state index contributed by atoms with van der Waals surface area (Å²) in [4.78, 5) is 16.5. The van der Waals surface area contributed by atoms with Crippen LogP contribution in [0.2, 0.25) is 5.02 Å². The van der Waals surface area contributed by atoms with Crippen LogP contribution in [-0.4, -0.2) is 84.5 Å². The summed E-state index contributed by atoms with van der Waals surface area (Å²) in [5.41, 5.74) is 3.38. The zero-order valence-corrected chi connectivity index (χ0v) is 19.2. The first-order chi connectivity index (χ1) is 15.1. The minimum atomic E-state index is 0.0432. The second-order valence-corrected chi connectivity index (χ2v) is 8.36. The molecule has 4 rings (SSSR count). The number of hydrogen-bond acceptors (Lipinski definition) is 7. The van der Waals surface area contributed by atoms with Gasteiger partial charge in [0.15, 0.2) is 0 Å². The van der Waals surface area contributed by atoms with Gasteiger partial charge in [0.2, 0.25) is 5.88 Å². The standard InChI is InChI=1S/C22H31ClN6O2/c1-17-19(23)5-4-6-20(17)28-10-9-27(22(14-28)31-3)8-7-26-13-21(30-2)29(16-26)12-18-11-24-15-25-18/h4-6,11,13,15,22H,7-10,12,14,16H2,1-3H3,(H,24,25). The Hall–Kier alpha value is -2.42. The number of rotatable bonds is 8. The van der Waals surface area contributed by atoms with Crippen molar-refractivity contribution < 1.29 is 9.47 Å². The molecule has 2 aliphatic rings. The number of aromatic nitrogens is 2. The summed E-state index contributed by atoms with van der Waals surface area (Å²) in [6.45, 7) is 8.16. The van der Waals surface area contributed by atoms with Gasteiger partial charge in [0.1, 0.15) is 6.23 Å². The topological polar surface area (TPSA) is 60.1 Å². The van der Waals surface area contributed by atoms with Crippen LogP contribution in [0.25, 0.3) is 0 Å². The van der Waals surface area contributed by atoms with Gasteiger partial charge in [-0.15, -0.1) is 0 Å². The Kier molecular flexibility index (Phi) is 6.89. The molecule has 0 aliphatic carbocycles. The van der Waals surface area contributed by atoms with Gasteiger partial charge < -0.3 is 29.2 Å². The Labute approximate surface area is 189 Å². The molecule has 8 nitrogen and oxygen atoms in total. The van der Waals surface area contributed by atoms with Crippen LogP contribution >= 0.6 is 11.6 Å². The van der Waals surface area contributed by atoms with Gasteiger partial charge in [-0.3, -0.25) is 4.90 Å². The Morgan fingerprint density at radius 3 is 2.84 bits per heavy atom. The van der Waals surface area contributed by atoms with Crippen molar-refractivity contribution >= 4 is 17.3 Å². The largest absolute Gasteiger partial charge is 0.481 e. The molecule has 0 spiro atoms. The van der Waals surface area contributed by atoms with Crippen LogP contribution in [0.1, 0.15) is 11.3 Å². The van der Waals surface area contributed by atoms with Gasteiger partial charge in [-0.25, -0.2) is 4.98 Å². The van der Waals surface area contributed by atoms with Gasteiger partial charge in [0, 0.05) is 50.2 Å². The molecule has 2 aromatic rings. The summed E-state index contributed by atoms with van der Waals surface area (Å²) >= 11 is 6.34. The maximum absolute atomic E-state index is 6.34. The first-order valence-corrected chi connectivity index (χ1v) is 11.0. The van der Waals surface area contributed by atoms with E-state index in [1.807, 2.05) is 18.3 Å². The molecular weight excluding hydrogens is 416 g/mol. The first kappa shape index (κ1) is 21.8. The van der Waals surface area contributed by atoms with E-state index < -0.39 is 0 Å². The van der Waals surface area contributed by atoms with Gasteiger partial charge >= 0.3 is 0 Å². The molecule has 9 heteroatoms. The van der Waals surface area contributed by atoms with Crippen LogP contribution in [0.5, 0.6) is 0 Å². The van der Waals surface area contributed by atoms with Crippen LogP contribution in [0.4, 0.5) is 5.69 Å². The van der Waals surface area contributed by atoms with E-state index >= 15 is 0 Å². The average molecular weight is 447 g/mol. The average Bonchev–Trinajstić information content (AvgIpc) is 3.44. The van der Waals surface area contributed by atoms with E-state index in [9.17, 15) is 0 Å². The SMILES string of the molecule is COC1=CN(CCN2CCN(c3cccc(Cl)c3C)CC2OC)CN1Cc1cnc[nH]1. The van der Waals surface area contributed by atoms with Crippen LogP contribution < -0.4 is 4.90 Å². The highest BCUT2D eigenvalue weighted by molar-refractivity contribution is 6.31. The van der Waals surface area contributed by atoms with Crippen molar-refractivity contribution in [3.8, 4) is 0 Å². The Morgan fingerprint density at radius 1 is 1.23 bits per heavy atom. The zero-order valence-electron chi connectivity index (χ0n) is 18.4. The van der Waals surface area contributed by atoms with E-state index in [1.165, 1.54) is 5.69 Å². The number of nitrogens with zero attached hydrogens (tertiary/aromatic N) is 5. The number of anilines is 1. The van der Waals surface area contributed by atoms with Crippen molar-refractivity contribution in [3.63, 3.8) is 0 Å². The Morgan fingerprint density at radius 2 is 2.10 bits per heavy atom. The highest BCUT2D eigenvalue weighted by atomic mass is 35.5. The van der Waals surface area contributed by atoms with Crippen molar-refractivity contribution in [1.82, 2.24) is 24.7 Å². The van der Waals surface area contributed by atoms with E-state index in [-0.39, 0.29) is 6.23 Å². The fraction of sp³-hybridized carbons (Fsp3) is 0.500. The van der Waals surface area contributed by atoms with E-state index in [2.05, 4.69) is 48.8 Å². The second kappa shape index (κ2) is 9.80. The summed E-state index contributed by atoms with van der Waals surface area (Å²) < 4.78 is 11.4. The quantitative estimate of drug-likeness (QED) is 0.668. The molecule has 1 saturated heterocycles. The van der Waals surface area contributed by atoms with Gasteiger partial charge in [-0.2, -0.15) is 0 Å². The van der Waals surface area contributed by atoms with Gasteiger partial charge in [-0.1, -0.05) is 17.7 Å². The number of benzene rings is 1. The fourth-order valence-corrected chi connectivity index (χ4v) is 4.44. The minimum absolute atomic E-state index is 0.0432. The molecule has 0 radical (unpaired) electrons. The van der Waals surface area contributed by atoms with Crippen molar-refractivity contribution in [2.75, 3.05) is 58.5 Å². The maximum atomic E-state index is 6.34. The molecule has 0 saturated carbocycles. The molecule has 1 unspecified atom stereocenters. The molecule has 0 bridgehead atoms. The molecular formula is C22H31ClN6O2. The lowest BCUT2D eigenvalue weighted by Gasteiger charge is -2.42. The number of nitrogens with one attached hydrogen (secondary N) is 1. The number of methoxy groups -OCH3 is 2. The summed E-state index contributed by atoms with van der Waals surface area (Å²) in [7, 11) is 3.50. The molecule has 168 valence electrons. The van der Waals surface area contributed by atoms with Crippen molar-refractivity contribution in [2.45, 2.75) is 19.7 Å². The van der Waals surface area contributed by atoms with Crippen LogP contribution in [0, 0.1) is 6.92 Å².